The van der Waals surface area contributed by atoms with Crippen LogP contribution in [0.4, 0.5) is 0 Å². The van der Waals surface area contributed by atoms with Crippen LogP contribution in [0.3, 0.4) is 0 Å². The lowest BCUT2D eigenvalue weighted by atomic mass is 9.88. The molecule has 0 radical (unpaired) electrons. The highest BCUT2D eigenvalue weighted by Crippen LogP contribution is 2.18. The van der Waals surface area contributed by atoms with Crippen LogP contribution in [0.5, 0.6) is 0 Å². The lowest BCUT2D eigenvalue weighted by molar-refractivity contribution is -0.467. The molecule has 0 saturated carbocycles. The van der Waals surface area contributed by atoms with Crippen LogP contribution in [0.25, 0.3) is 0 Å². The molecule has 13 heavy (non-hydrogen) atoms. The molecule has 0 aromatic heterocycles. The van der Waals surface area contributed by atoms with Crippen LogP contribution in [-0.2, 0) is 10.3 Å². The Morgan fingerprint density at radius 3 is 2.38 bits per heavy atom. The van der Waals surface area contributed by atoms with E-state index in [1.807, 2.05) is 37.3 Å². The van der Waals surface area contributed by atoms with Gasteiger partial charge in [-0.3, -0.25) is 4.79 Å². The van der Waals surface area contributed by atoms with Gasteiger partial charge in [-0.2, -0.15) is 0 Å². The Kier molecular flexibility index (Phi) is 2.68. The minimum Gasteiger partial charge on any atom is -0.364 e. The summed E-state index contributed by atoms with van der Waals surface area (Å²) in [5, 5.41) is 0. The van der Waals surface area contributed by atoms with E-state index in [2.05, 4.69) is 5.73 Å². The highest BCUT2D eigenvalue weighted by molar-refractivity contribution is 5.84. The number of quaternary nitrogens is 1. The predicted octanol–water partition coefficient (Wildman–Crippen LogP) is 0.0191. The Morgan fingerprint density at radius 2 is 2.00 bits per heavy atom. The molecule has 0 unspecified atom stereocenters. The van der Waals surface area contributed by atoms with Gasteiger partial charge in [0.15, 0.2) is 5.54 Å². The third-order valence-corrected chi connectivity index (χ3v) is 2.40. The minimum atomic E-state index is -0.777. The molecular formula is C10H15N2O+. The molecule has 1 atom stereocenters. The largest absolute Gasteiger partial charge is 0.364 e. The maximum Gasteiger partial charge on any atom is 0.283 e. The van der Waals surface area contributed by atoms with Crippen molar-refractivity contribution in [3.8, 4) is 0 Å². The number of hydrogen-bond acceptors (Lipinski definition) is 1. The fourth-order valence-corrected chi connectivity index (χ4v) is 1.28. The molecule has 1 amide bonds. The van der Waals surface area contributed by atoms with Gasteiger partial charge in [-0.25, -0.2) is 0 Å². The van der Waals surface area contributed by atoms with Gasteiger partial charge in [0.2, 0.25) is 0 Å². The lowest BCUT2D eigenvalue weighted by Crippen LogP contribution is -2.75. The van der Waals surface area contributed by atoms with Crippen molar-refractivity contribution in [1.29, 1.82) is 0 Å². The first-order valence-corrected chi connectivity index (χ1v) is 4.32. The molecule has 3 nitrogen and oxygen atoms in total. The quantitative estimate of drug-likeness (QED) is 0.674. The van der Waals surface area contributed by atoms with E-state index in [9.17, 15) is 4.79 Å². The molecule has 0 saturated heterocycles. The van der Waals surface area contributed by atoms with Crippen molar-refractivity contribution in [3.05, 3.63) is 35.9 Å². The minimum absolute atomic E-state index is 0.374. The first kappa shape index (κ1) is 9.74. The maximum atomic E-state index is 11.2. The van der Waals surface area contributed by atoms with Gasteiger partial charge in [-0.1, -0.05) is 37.3 Å². The molecule has 0 aliphatic rings. The Hall–Kier alpha value is -1.35. The number of primary amides is 1. The van der Waals surface area contributed by atoms with E-state index in [1.165, 1.54) is 0 Å². The molecule has 0 aliphatic carbocycles. The zero-order valence-corrected chi connectivity index (χ0v) is 7.79. The average molecular weight is 179 g/mol. The third kappa shape index (κ3) is 1.70. The SMILES string of the molecule is CC[C@]([NH3+])(C(N)=O)c1ccccc1. The van der Waals surface area contributed by atoms with Gasteiger partial charge in [-0.05, 0) is 0 Å². The monoisotopic (exact) mass is 179 g/mol. The summed E-state index contributed by atoms with van der Waals surface area (Å²) < 4.78 is 0. The summed E-state index contributed by atoms with van der Waals surface area (Å²) in [6.45, 7) is 1.91. The fraction of sp³-hybridized carbons (Fsp3) is 0.300. The summed E-state index contributed by atoms with van der Waals surface area (Å²) in [4.78, 5) is 11.2. The predicted molar refractivity (Wildman–Crippen MR) is 50.5 cm³/mol. The third-order valence-electron chi connectivity index (χ3n) is 2.40. The Labute approximate surface area is 77.7 Å². The number of nitrogens with two attached hydrogens (primary N) is 1. The molecule has 5 N–H and O–H groups in total. The Balaban J connectivity index is 3.11. The van der Waals surface area contributed by atoms with E-state index in [-0.39, 0.29) is 5.91 Å². The molecule has 0 spiro atoms. The molecule has 0 bridgehead atoms. The molecule has 0 fully saturated rings. The first-order chi connectivity index (χ1) is 6.11. The fourth-order valence-electron chi connectivity index (χ4n) is 1.28. The van der Waals surface area contributed by atoms with Crippen molar-refractivity contribution in [2.45, 2.75) is 18.9 Å². The van der Waals surface area contributed by atoms with Crippen molar-refractivity contribution in [1.82, 2.24) is 0 Å². The van der Waals surface area contributed by atoms with Crippen LogP contribution < -0.4 is 11.5 Å². The number of amides is 1. The van der Waals surface area contributed by atoms with Crippen LogP contribution >= 0.6 is 0 Å². The molecule has 1 aromatic rings. The van der Waals surface area contributed by atoms with Crippen LogP contribution in [-0.4, -0.2) is 5.91 Å². The van der Waals surface area contributed by atoms with Gasteiger partial charge in [-0.15, -0.1) is 0 Å². The van der Waals surface area contributed by atoms with E-state index >= 15 is 0 Å². The van der Waals surface area contributed by atoms with Crippen molar-refractivity contribution in [2.24, 2.45) is 5.73 Å². The molecular weight excluding hydrogens is 164 g/mol. The number of carbonyl (C=O) groups excluding carboxylic acids is 1. The van der Waals surface area contributed by atoms with Crippen molar-refractivity contribution >= 4 is 5.91 Å². The summed E-state index contributed by atoms with van der Waals surface area (Å²) in [5.74, 6) is -0.374. The van der Waals surface area contributed by atoms with E-state index in [0.717, 1.165) is 5.56 Å². The first-order valence-electron chi connectivity index (χ1n) is 4.32. The van der Waals surface area contributed by atoms with E-state index in [1.54, 1.807) is 0 Å². The summed E-state index contributed by atoms with van der Waals surface area (Å²) in [6, 6.07) is 9.42. The lowest BCUT2D eigenvalue weighted by Gasteiger charge is -2.20. The Bertz CT molecular complexity index is 297. The zero-order chi connectivity index (χ0) is 9.90. The van der Waals surface area contributed by atoms with E-state index in [0.29, 0.717) is 6.42 Å². The smallest absolute Gasteiger partial charge is 0.283 e. The van der Waals surface area contributed by atoms with Gasteiger partial charge >= 0.3 is 0 Å². The molecule has 3 heteroatoms. The van der Waals surface area contributed by atoms with E-state index in [4.69, 9.17) is 5.73 Å². The highest BCUT2D eigenvalue weighted by Gasteiger charge is 2.36. The van der Waals surface area contributed by atoms with Gasteiger partial charge in [0, 0.05) is 12.0 Å². The summed E-state index contributed by atoms with van der Waals surface area (Å²) in [6.07, 6.45) is 0.617. The molecule has 0 aliphatic heterocycles. The van der Waals surface area contributed by atoms with E-state index < -0.39 is 5.54 Å². The Morgan fingerprint density at radius 1 is 1.46 bits per heavy atom. The molecule has 0 heterocycles. The van der Waals surface area contributed by atoms with Gasteiger partial charge in [0.1, 0.15) is 0 Å². The number of carbonyl (C=O) groups is 1. The van der Waals surface area contributed by atoms with Crippen molar-refractivity contribution < 1.29 is 10.5 Å². The van der Waals surface area contributed by atoms with Crippen molar-refractivity contribution in [3.63, 3.8) is 0 Å². The van der Waals surface area contributed by atoms with Crippen LogP contribution in [0.1, 0.15) is 18.9 Å². The van der Waals surface area contributed by atoms with Crippen LogP contribution in [0, 0.1) is 0 Å². The van der Waals surface area contributed by atoms with Crippen LogP contribution in [0.15, 0.2) is 30.3 Å². The zero-order valence-electron chi connectivity index (χ0n) is 7.79. The van der Waals surface area contributed by atoms with Gasteiger partial charge in [0.25, 0.3) is 5.91 Å². The second-order valence-electron chi connectivity index (χ2n) is 3.17. The molecule has 70 valence electrons. The molecule has 1 aromatic carbocycles. The number of rotatable bonds is 3. The van der Waals surface area contributed by atoms with Crippen LogP contribution in [0.2, 0.25) is 0 Å². The van der Waals surface area contributed by atoms with Gasteiger partial charge in [0.05, 0.1) is 0 Å². The molecule has 1 rings (SSSR count). The maximum absolute atomic E-state index is 11.2. The number of hydrogen-bond donors (Lipinski definition) is 2. The van der Waals surface area contributed by atoms with Crippen molar-refractivity contribution in [2.75, 3.05) is 0 Å². The number of benzene rings is 1. The average Bonchev–Trinajstić information content (AvgIpc) is 2.17. The normalized spacial score (nSPS) is 14.9. The summed E-state index contributed by atoms with van der Waals surface area (Å²) in [7, 11) is 0. The highest BCUT2D eigenvalue weighted by atomic mass is 16.1. The topological polar surface area (TPSA) is 70.7 Å². The summed E-state index contributed by atoms with van der Waals surface area (Å²) >= 11 is 0. The standard InChI is InChI=1S/C10H14N2O/c1-2-10(12,9(11)13)8-6-4-3-5-7-8/h3-7H,2,12H2,1H3,(H2,11,13)/p+1/t10-/m1/s1. The summed E-state index contributed by atoms with van der Waals surface area (Å²) in [5.41, 5.74) is 9.30. The second-order valence-corrected chi connectivity index (χ2v) is 3.17. The van der Waals surface area contributed by atoms with Gasteiger partial charge < -0.3 is 11.5 Å². The second kappa shape index (κ2) is 3.58.